The first-order chi connectivity index (χ1) is 10.4. The highest BCUT2D eigenvalue weighted by Gasteiger charge is 2.21. The predicted molar refractivity (Wildman–Crippen MR) is 82.7 cm³/mol. The van der Waals surface area contributed by atoms with E-state index in [2.05, 4.69) is 20.9 Å². The third-order valence-corrected chi connectivity index (χ3v) is 3.49. The van der Waals surface area contributed by atoms with Gasteiger partial charge in [0.05, 0.1) is 5.02 Å². The summed E-state index contributed by atoms with van der Waals surface area (Å²) in [5, 5.41) is 9.67. The lowest BCUT2D eigenvalue weighted by molar-refractivity contribution is -0.118. The summed E-state index contributed by atoms with van der Waals surface area (Å²) in [5.74, 6) is -0.642. The fraction of sp³-hybridized carbons (Fsp3) is 0.0769. The van der Waals surface area contributed by atoms with Crippen molar-refractivity contribution in [3.05, 3.63) is 51.5 Å². The van der Waals surface area contributed by atoms with Gasteiger partial charge in [0, 0.05) is 6.92 Å². The molecule has 9 heteroatoms. The second-order valence-corrected chi connectivity index (χ2v) is 5.41. The van der Waals surface area contributed by atoms with E-state index in [-0.39, 0.29) is 32.3 Å². The smallest absolute Gasteiger partial charge is 0.421 e. The lowest BCUT2D eigenvalue weighted by Gasteiger charge is -2.10. The van der Waals surface area contributed by atoms with Crippen molar-refractivity contribution < 1.29 is 23.9 Å². The van der Waals surface area contributed by atoms with E-state index in [0.717, 1.165) is 6.07 Å². The van der Waals surface area contributed by atoms with Crippen molar-refractivity contribution in [2.45, 2.75) is 6.92 Å². The molecule has 0 spiro atoms. The van der Waals surface area contributed by atoms with Crippen LogP contribution in [0, 0.1) is 5.82 Å². The minimum absolute atomic E-state index is 0.145. The minimum atomic E-state index is -1.47. The molecule has 1 aromatic heterocycles. The standard InChI is InChI=1S/C13H9BBrClFNO4/c1-7(19)11-4-5-12(13(15)18-11)21-22-14(20)8-2-3-10(17)9(16)6-8/h2-6,20H,1H3. The maximum Gasteiger partial charge on any atom is 0.538 e. The van der Waals surface area contributed by atoms with Gasteiger partial charge in [-0.1, -0.05) is 17.7 Å². The van der Waals surface area contributed by atoms with Gasteiger partial charge in [0.1, 0.15) is 11.5 Å². The first-order valence-electron chi connectivity index (χ1n) is 6.02. The molecule has 5 nitrogen and oxygen atoms in total. The molecule has 0 saturated carbocycles. The van der Waals surface area contributed by atoms with Gasteiger partial charge < -0.3 is 9.91 Å². The molecule has 0 bridgehead atoms. The number of benzene rings is 1. The third kappa shape index (κ3) is 4.04. The molecule has 0 radical (unpaired) electrons. The van der Waals surface area contributed by atoms with Gasteiger partial charge in [-0.2, -0.15) is 0 Å². The first-order valence-corrected chi connectivity index (χ1v) is 7.19. The largest absolute Gasteiger partial charge is 0.538 e. The molecule has 0 atom stereocenters. The Hall–Kier alpha value is -1.48. The molecule has 114 valence electrons. The Labute approximate surface area is 139 Å². The second kappa shape index (κ2) is 7.19. The summed E-state index contributed by atoms with van der Waals surface area (Å²) < 4.78 is 13.3. The fourth-order valence-electron chi connectivity index (χ4n) is 1.50. The van der Waals surface area contributed by atoms with Gasteiger partial charge in [0.15, 0.2) is 16.1 Å². The van der Waals surface area contributed by atoms with Crippen LogP contribution in [0.3, 0.4) is 0 Å². The Morgan fingerprint density at radius 2 is 2.14 bits per heavy atom. The average Bonchev–Trinajstić information content (AvgIpc) is 2.48. The molecule has 0 aliphatic heterocycles. The topological polar surface area (TPSA) is 68.7 Å². The monoisotopic (exact) mass is 387 g/mol. The maximum atomic E-state index is 13.0. The number of halogens is 3. The lowest BCUT2D eigenvalue weighted by atomic mass is 9.80. The molecule has 0 unspecified atom stereocenters. The molecular formula is C13H9BBrClFNO4. The zero-order chi connectivity index (χ0) is 16.3. The molecule has 0 aliphatic carbocycles. The van der Waals surface area contributed by atoms with Crippen LogP contribution in [0.5, 0.6) is 5.75 Å². The van der Waals surface area contributed by atoms with Gasteiger partial charge in [-0.05, 0) is 45.7 Å². The van der Waals surface area contributed by atoms with E-state index in [1.54, 1.807) is 0 Å². The molecule has 0 fully saturated rings. The molecule has 1 aromatic carbocycles. The van der Waals surface area contributed by atoms with Gasteiger partial charge >= 0.3 is 7.12 Å². The van der Waals surface area contributed by atoms with Crippen LogP contribution in [0.4, 0.5) is 4.39 Å². The molecule has 1 N–H and O–H groups in total. The quantitative estimate of drug-likeness (QED) is 0.280. The summed E-state index contributed by atoms with van der Waals surface area (Å²) in [6.45, 7) is 1.38. The van der Waals surface area contributed by atoms with Crippen LogP contribution in [0.1, 0.15) is 17.4 Å². The Morgan fingerprint density at radius 3 is 2.73 bits per heavy atom. The van der Waals surface area contributed by atoms with E-state index in [1.165, 1.54) is 31.2 Å². The van der Waals surface area contributed by atoms with Crippen LogP contribution in [-0.4, -0.2) is 22.9 Å². The Balaban J connectivity index is 2.06. The van der Waals surface area contributed by atoms with E-state index in [4.69, 9.17) is 21.3 Å². The van der Waals surface area contributed by atoms with Crippen LogP contribution in [-0.2, 0) is 4.81 Å². The second-order valence-electron chi connectivity index (χ2n) is 4.25. The number of hydrogen-bond donors (Lipinski definition) is 1. The number of ketones is 1. The lowest BCUT2D eigenvalue weighted by Crippen LogP contribution is -2.35. The number of carbonyl (C=O) groups excluding carboxylic acids is 1. The number of nitrogens with zero attached hydrogens (tertiary/aromatic N) is 1. The first kappa shape index (κ1) is 16.9. The number of aromatic nitrogens is 1. The summed E-state index contributed by atoms with van der Waals surface area (Å²) in [6.07, 6.45) is 0. The Kier molecular flexibility index (Phi) is 5.52. The van der Waals surface area contributed by atoms with E-state index in [9.17, 15) is 14.2 Å². The van der Waals surface area contributed by atoms with Crippen LogP contribution >= 0.6 is 27.5 Å². The third-order valence-electron chi connectivity index (χ3n) is 2.63. The van der Waals surface area contributed by atoms with Gasteiger partial charge in [-0.15, -0.1) is 0 Å². The fourth-order valence-corrected chi connectivity index (χ4v) is 2.08. The molecule has 2 rings (SSSR count). The van der Waals surface area contributed by atoms with Crippen LogP contribution < -0.4 is 10.4 Å². The molecule has 2 aromatic rings. The number of hydrogen-bond acceptors (Lipinski definition) is 5. The summed E-state index contributed by atoms with van der Waals surface area (Å²) in [4.78, 5) is 24.9. The van der Waals surface area contributed by atoms with E-state index in [1.807, 2.05) is 0 Å². The molecule has 22 heavy (non-hydrogen) atoms. The molecule has 0 aliphatic rings. The number of carbonyl (C=O) groups is 1. The van der Waals surface area contributed by atoms with E-state index >= 15 is 0 Å². The zero-order valence-electron chi connectivity index (χ0n) is 11.2. The van der Waals surface area contributed by atoms with E-state index in [0.29, 0.717) is 0 Å². The summed E-state index contributed by atoms with van der Waals surface area (Å²) >= 11 is 8.74. The zero-order valence-corrected chi connectivity index (χ0v) is 13.6. The average molecular weight is 388 g/mol. The minimum Gasteiger partial charge on any atom is -0.421 e. The Morgan fingerprint density at radius 1 is 1.41 bits per heavy atom. The van der Waals surface area contributed by atoms with Crippen molar-refractivity contribution in [3.8, 4) is 5.75 Å². The van der Waals surface area contributed by atoms with Gasteiger partial charge in [-0.3, -0.25) is 4.79 Å². The van der Waals surface area contributed by atoms with Crippen molar-refractivity contribution in [3.63, 3.8) is 0 Å². The predicted octanol–water partition coefficient (Wildman–Crippen LogP) is 2.54. The summed E-state index contributed by atoms with van der Waals surface area (Å²) in [7, 11) is -1.47. The van der Waals surface area contributed by atoms with Gasteiger partial charge in [0.2, 0.25) is 0 Å². The summed E-state index contributed by atoms with van der Waals surface area (Å²) in [6, 6.07) is 6.53. The normalized spacial score (nSPS) is 10.4. The Bertz CT molecular complexity index is 718. The van der Waals surface area contributed by atoms with Crippen molar-refractivity contribution in [2.24, 2.45) is 0 Å². The van der Waals surface area contributed by atoms with Crippen LogP contribution in [0.25, 0.3) is 0 Å². The maximum absolute atomic E-state index is 13.0. The highest BCUT2D eigenvalue weighted by molar-refractivity contribution is 9.10. The SMILES string of the molecule is CC(=O)c1ccc(OOB(O)c2ccc(F)c(Cl)c2)c(Br)n1. The molecule has 1 heterocycles. The van der Waals surface area contributed by atoms with E-state index < -0.39 is 12.9 Å². The number of pyridine rings is 1. The van der Waals surface area contributed by atoms with Crippen molar-refractivity contribution >= 4 is 45.9 Å². The van der Waals surface area contributed by atoms with Gasteiger partial charge in [0.25, 0.3) is 0 Å². The van der Waals surface area contributed by atoms with Crippen molar-refractivity contribution in [2.75, 3.05) is 0 Å². The number of Topliss-reactive ketones (excluding diaryl/α,β-unsaturated/α-hetero) is 1. The highest BCUT2D eigenvalue weighted by atomic mass is 79.9. The molecule has 0 amide bonds. The highest BCUT2D eigenvalue weighted by Crippen LogP contribution is 2.23. The van der Waals surface area contributed by atoms with Crippen molar-refractivity contribution in [1.82, 2.24) is 4.98 Å². The molecule has 0 saturated heterocycles. The van der Waals surface area contributed by atoms with Gasteiger partial charge in [-0.25, -0.2) is 14.2 Å². The van der Waals surface area contributed by atoms with Crippen molar-refractivity contribution in [1.29, 1.82) is 0 Å². The molecular weight excluding hydrogens is 379 g/mol. The number of rotatable bonds is 5. The van der Waals surface area contributed by atoms with Crippen LogP contribution in [0.2, 0.25) is 5.02 Å². The summed E-state index contributed by atoms with van der Waals surface area (Å²) in [5.41, 5.74) is 0.473. The van der Waals surface area contributed by atoms with Crippen LogP contribution in [0.15, 0.2) is 34.9 Å².